The summed E-state index contributed by atoms with van der Waals surface area (Å²) in [5.74, 6) is -3.06. The van der Waals surface area contributed by atoms with E-state index < -0.39 is 46.9 Å². The summed E-state index contributed by atoms with van der Waals surface area (Å²) in [6.07, 6.45) is -13.1. The van der Waals surface area contributed by atoms with Gasteiger partial charge in [0.25, 0.3) is 0 Å². The van der Waals surface area contributed by atoms with Crippen LogP contribution in [0.25, 0.3) is 0 Å². The minimum absolute atomic E-state index is 0.213. The zero-order chi connectivity index (χ0) is 16.6. The fourth-order valence-corrected chi connectivity index (χ4v) is 1.59. The zero-order valence-electron chi connectivity index (χ0n) is 10.2. The van der Waals surface area contributed by atoms with Crippen LogP contribution in [0.4, 0.5) is 26.3 Å². The summed E-state index contributed by atoms with van der Waals surface area (Å²) in [6, 6.07) is -0.0786. The van der Waals surface area contributed by atoms with Crippen LogP contribution in [-0.2, 0) is 17.1 Å². The van der Waals surface area contributed by atoms with Gasteiger partial charge in [-0.25, -0.2) is 4.79 Å². The van der Waals surface area contributed by atoms with Crippen molar-refractivity contribution < 1.29 is 46.1 Å². The molecule has 1 aromatic carbocycles. The number of hydrogen-bond acceptors (Lipinski definition) is 3. The molecule has 0 radical (unpaired) electrons. The average molecular weight is 318 g/mol. The van der Waals surface area contributed by atoms with E-state index in [9.17, 15) is 36.2 Å². The lowest BCUT2D eigenvalue weighted by molar-refractivity contribution is -0.149. The molecule has 1 rings (SSSR count). The number of ether oxygens (including phenoxy) is 1. The molecule has 1 unspecified atom stereocenters. The third-order valence-electron chi connectivity index (χ3n) is 2.51. The first-order valence-corrected chi connectivity index (χ1v) is 5.16. The molecule has 0 bridgehead atoms. The highest BCUT2D eigenvalue weighted by Crippen LogP contribution is 2.43. The van der Waals surface area contributed by atoms with E-state index in [1.807, 2.05) is 0 Å². The van der Waals surface area contributed by atoms with Crippen molar-refractivity contribution in [2.75, 3.05) is 7.11 Å². The molecule has 0 fully saturated rings. The number of aliphatic carboxylic acids is 1. The SMILES string of the molecule is COc1cc(C(O)C(=O)O)c(C(F)(F)F)cc1C(F)(F)F. The molecule has 1 aromatic rings. The highest BCUT2D eigenvalue weighted by atomic mass is 19.4. The lowest BCUT2D eigenvalue weighted by Crippen LogP contribution is -2.20. The van der Waals surface area contributed by atoms with E-state index in [4.69, 9.17) is 5.11 Å². The molecular formula is C11H8F6O4. The zero-order valence-corrected chi connectivity index (χ0v) is 10.2. The highest BCUT2D eigenvalue weighted by molar-refractivity contribution is 5.75. The van der Waals surface area contributed by atoms with E-state index in [2.05, 4.69) is 4.74 Å². The molecule has 0 spiro atoms. The molecule has 0 saturated heterocycles. The largest absolute Gasteiger partial charge is 0.496 e. The van der Waals surface area contributed by atoms with E-state index in [1.165, 1.54) is 0 Å². The Hall–Kier alpha value is -1.97. The summed E-state index contributed by atoms with van der Waals surface area (Å²) in [4.78, 5) is 10.6. The van der Waals surface area contributed by atoms with Crippen molar-refractivity contribution in [1.29, 1.82) is 0 Å². The van der Waals surface area contributed by atoms with Crippen LogP contribution in [0.5, 0.6) is 5.75 Å². The van der Waals surface area contributed by atoms with Gasteiger partial charge < -0.3 is 14.9 Å². The van der Waals surface area contributed by atoms with E-state index in [-0.39, 0.29) is 12.1 Å². The standard InChI is InChI=1S/C11H8F6O4/c1-21-7-2-4(8(18)9(19)20)5(10(12,13)14)3-6(7)11(15,16)17/h2-3,8,18H,1H3,(H,19,20). The van der Waals surface area contributed by atoms with Gasteiger partial charge in [0.05, 0.1) is 18.2 Å². The molecule has 0 heterocycles. The number of methoxy groups -OCH3 is 1. The van der Waals surface area contributed by atoms with Gasteiger partial charge >= 0.3 is 18.3 Å². The molecular weight excluding hydrogens is 310 g/mol. The van der Waals surface area contributed by atoms with Gasteiger partial charge in [-0.3, -0.25) is 0 Å². The summed E-state index contributed by atoms with van der Waals surface area (Å²) in [5.41, 5.74) is -4.86. The maximum absolute atomic E-state index is 12.8. The maximum Gasteiger partial charge on any atom is 0.419 e. The molecule has 4 nitrogen and oxygen atoms in total. The molecule has 0 aliphatic heterocycles. The lowest BCUT2D eigenvalue weighted by atomic mass is 9.97. The van der Waals surface area contributed by atoms with Gasteiger partial charge in [0.1, 0.15) is 5.75 Å². The molecule has 0 aliphatic rings. The smallest absolute Gasteiger partial charge is 0.419 e. The third-order valence-corrected chi connectivity index (χ3v) is 2.51. The fraction of sp³-hybridized carbons (Fsp3) is 0.364. The Morgan fingerprint density at radius 3 is 1.90 bits per heavy atom. The third kappa shape index (κ3) is 3.57. The molecule has 10 heteroatoms. The Morgan fingerprint density at radius 2 is 1.57 bits per heavy atom. The Bertz CT molecular complexity index is 549. The predicted octanol–water partition coefficient (Wildman–Crippen LogP) is 2.85. The fourth-order valence-electron chi connectivity index (χ4n) is 1.59. The molecule has 118 valence electrons. The molecule has 0 aliphatic carbocycles. The molecule has 0 saturated carbocycles. The number of aliphatic hydroxyl groups is 1. The van der Waals surface area contributed by atoms with Crippen molar-refractivity contribution >= 4 is 5.97 Å². The van der Waals surface area contributed by atoms with Gasteiger partial charge in [-0.15, -0.1) is 0 Å². The Balaban J connectivity index is 3.69. The first-order chi connectivity index (χ1) is 9.39. The Morgan fingerprint density at radius 1 is 1.10 bits per heavy atom. The summed E-state index contributed by atoms with van der Waals surface area (Å²) in [5, 5.41) is 17.8. The lowest BCUT2D eigenvalue weighted by Gasteiger charge is -2.20. The van der Waals surface area contributed by atoms with Crippen molar-refractivity contribution in [3.8, 4) is 5.75 Å². The highest BCUT2D eigenvalue weighted by Gasteiger charge is 2.42. The van der Waals surface area contributed by atoms with E-state index in [1.54, 1.807) is 0 Å². The first kappa shape index (κ1) is 17.1. The minimum Gasteiger partial charge on any atom is -0.496 e. The number of hydrogen-bond donors (Lipinski definition) is 2. The Kier molecular flexibility index (Phi) is 4.42. The number of carboxylic acids is 1. The normalized spacial score (nSPS) is 13.9. The van der Waals surface area contributed by atoms with Gasteiger partial charge in [0.2, 0.25) is 0 Å². The monoisotopic (exact) mass is 318 g/mol. The van der Waals surface area contributed by atoms with Crippen LogP contribution >= 0.6 is 0 Å². The number of rotatable bonds is 3. The van der Waals surface area contributed by atoms with Gasteiger partial charge in [0, 0.05) is 5.56 Å². The topological polar surface area (TPSA) is 66.8 Å². The number of aliphatic hydroxyl groups excluding tert-OH is 1. The second kappa shape index (κ2) is 5.43. The second-order valence-corrected chi connectivity index (χ2v) is 3.88. The van der Waals surface area contributed by atoms with Gasteiger partial charge in [-0.05, 0) is 12.1 Å². The van der Waals surface area contributed by atoms with Crippen molar-refractivity contribution in [2.45, 2.75) is 18.5 Å². The summed E-state index contributed by atoms with van der Waals surface area (Å²) >= 11 is 0. The minimum atomic E-state index is -5.28. The van der Waals surface area contributed by atoms with Crippen molar-refractivity contribution in [3.63, 3.8) is 0 Å². The van der Waals surface area contributed by atoms with E-state index >= 15 is 0 Å². The number of benzene rings is 1. The van der Waals surface area contributed by atoms with Gasteiger partial charge in [-0.2, -0.15) is 26.3 Å². The van der Waals surface area contributed by atoms with Crippen LogP contribution in [0.1, 0.15) is 22.8 Å². The van der Waals surface area contributed by atoms with Crippen LogP contribution in [0.3, 0.4) is 0 Å². The quantitative estimate of drug-likeness (QED) is 0.841. The average Bonchev–Trinajstić information content (AvgIpc) is 2.33. The maximum atomic E-state index is 12.8. The number of carboxylic acid groups (broad SMARTS) is 1. The van der Waals surface area contributed by atoms with Crippen LogP contribution in [-0.4, -0.2) is 23.3 Å². The van der Waals surface area contributed by atoms with Gasteiger partial charge in [0.15, 0.2) is 6.10 Å². The van der Waals surface area contributed by atoms with Crippen LogP contribution in [0.15, 0.2) is 12.1 Å². The Labute approximate surface area is 113 Å². The second-order valence-electron chi connectivity index (χ2n) is 3.88. The number of halogens is 6. The predicted molar refractivity (Wildman–Crippen MR) is 55.6 cm³/mol. The molecule has 0 amide bonds. The van der Waals surface area contributed by atoms with Gasteiger partial charge in [-0.1, -0.05) is 0 Å². The summed E-state index contributed by atoms with van der Waals surface area (Å²) < 4.78 is 80.6. The van der Waals surface area contributed by atoms with Crippen LogP contribution in [0.2, 0.25) is 0 Å². The van der Waals surface area contributed by atoms with E-state index in [0.717, 1.165) is 7.11 Å². The van der Waals surface area contributed by atoms with Crippen LogP contribution < -0.4 is 4.74 Å². The number of alkyl halides is 6. The molecule has 21 heavy (non-hydrogen) atoms. The van der Waals surface area contributed by atoms with Crippen molar-refractivity contribution in [3.05, 3.63) is 28.8 Å². The van der Waals surface area contributed by atoms with Crippen LogP contribution in [0, 0.1) is 0 Å². The molecule has 1 atom stereocenters. The van der Waals surface area contributed by atoms with E-state index in [0.29, 0.717) is 0 Å². The van der Waals surface area contributed by atoms with Crippen molar-refractivity contribution in [2.24, 2.45) is 0 Å². The molecule has 0 aromatic heterocycles. The number of carbonyl (C=O) groups is 1. The molecule has 2 N–H and O–H groups in total. The summed E-state index contributed by atoms with van der Waals surface area (Å²) in [6.45, 7) is 0. The first-order valence-electron chi connectivity index (χ1n) is 5.16. The summed E-state index contributed by atoms with van der Waals surface area (Å²) in [7, 11) is 0.773. The van der Waals surface area contributed by atoms with Crippen molar-refractivity contribution in [1.82, 2.24) is 0 Å².